The van der Waals surface area contributed by atoms with Crippen LogP contribution in [-0.4, -0.2) is 16.5 Å². The van der Waals surface area contributed by atoms with Crippen LogP contribution in [0.4, 0.5) is 0 Å². The first-order valence-corrected chi connectivity index (χ1v) is 7.93. The van der Waals surface area contributed by atoms with Crippen molar-refractivity contribution in [3.63, 3.8) is 0 Å². The Morgan fingerprint density at radius 1 is 1.15 bits per heavy atom. The molecule has 0 N–H and O–H groups in total. The predicted molar refractivity (Wildman–Crippen MR) is 85.0 cm³/mol. The Hall–Kier alpha value is -1.03. The van der Waals surface area contributed by atoms with E-state index in [-0.39, 0.29) is 5.78 Å². The number of hydrogen-bond acceptors (Lipinski definition) is 3. The molecule has 1 aromatic heterocycles. The summed E-state index contributed by atoms with van der Waals surface area (Å²) in [7, 11) is 0. The van der Waals surface area contributed by atoms with Crippen LogP contribution >= 0.6 is 35.0 Å². The van der Waals surface area contributed by atoms with Crippen LogP contribution in [0.2, 0.25) is 10.0 Å². The van der Waals surface area contributed by atoms with Crippen LogP contribution in [0, 0.1) is 0 Å². The number of thioether (sulfide) groups is 1. The highest BCUT2D eigenvalue weighted by molar-refractivity contribution is 7.99. The monoisotopic (exact) mass is 325 g/mol. The lowest BCUT2D eigenvalue weighted by atomic mass is 10.1. The molecule has 104 valence electrons. The molecule has 0 atom stereocenters. The summed E-state index contributed by atoms with van der Waals surface area (Å²) in [5, 5.41) is 1.86. The number of carbonyl (C=O) groups excluding carboxylic acids is 1. The molecule has 1 aromatic carbocycles. The standard InChI is InChI=1S/C15H13Cl2NOS/c16-12-7-6-11(10-13(12)17)14(19)4-3-9-20-15-5-1-2-8-18-15/h1-2,5-8,10H,3-4,9H2. The lowest BCUT2D eigenvalue weighted by molar-refractivity contribution is 0.0982. The molecule has 2 aromatic rings. The van der Waals surface area contributed by atoms with E-state index in [1.165, 1.54) is 0 Å². The highest BCUT2D eigenvalue weighted by atomic mass is 35.5. The second-order valence-electron chi connectivity index (χ2n) is 4.17. The maximum absolute atomic E-state index is 12.0. The van der Waals surface area contributed by atoms with Gasteiger partial charge < -0.3 is 0 Å². The topological polar surface area (TPSA) is 30.0 Å². The van der Waals surface area contributed by atoms with Gasteiger partial charge in [-0.3, -0.25) is 4.79 Å². The van der Waals surface area contributed by atoms with Gasteiger partial charge in [-0.2, -0.15) is 0 Å². The summed E-state index contributed by atoms with van der Waals surface area (Å²) in [5.41, 5.74) is 0.613. The molecular formula is C15H13Cl2NOS. The lowest BCUT2D eigenvalue weighted by Crippen LogP contribution is -1.99. The second-order valence-corrected chi connectivity index (χ2v) is 6.10. The highest BCUT2D eigenvalue weighted by Crippen LogP contribution is 2.23. The van der Waals surface area contributed by atoms with Crippen LogP contribution in [0.15, 0.2) is 47.6 Å². The predicted octanol–water partition coefficient (Wildman–Crippen LogP) is 5.14. The average Bonchev–Trinajstić information content (AvgIpc) is 2.47. The van der Waals surface area contributed by atoms with Crippen LogP contribution in [0.3, 0.4) is 0 Å². The number of pyridine rings is 1. The SMILES string of the molecule is O=C(CCCSc1ccccn1)c1ccc(Cl)c(Cl)c1. The first-order chi connectivity index (χ1) is 9.66. The fraction of sp³-hybridized carbons (Fsp3) is 0.200. The van der Waals surface area contributed by atoms with Crippen molar-refractivity contribution >= 4 is 40.7 Å². The highest BCUT2D eigenvalue weighted by Gasteiger charge is 2.08. The molecule has 0 saturated carbocycles. The van der Waals surface area contributed by atoms with Crippen LogP contribution in [0.25, 0.3) is 0 Å². The zero-order valence-electron chi connectivity index (χ0n) is 10.7. The van der Waals surface area contributed by atoms with E-state index in [1.807, 2.05) is 18.2 Å². The molecule has 5 heteroatoms. The molecule has 0 radical (unpaired) electrons. The van der Waals surface area contributed by atoms with E-state index in [4.69, 9.17) is 23.2 Å². The minimum atomic E-state index is 0.0881. The maximum Gasteiger partial charge on any atom is 0.162 e. The molecule has 1 heterocycles. The Bertz CT molecular complexity index is 590. The zero-order valence-corrected chi connectivity index (χ0v) is 13.0. The molecule has 2 rings (SSSR count). The fourth-order valence-electron chi connectivity index (χ4n) is 1.66. The van der Waals surface area contributed by atoms with Crippen LogP contribution < -0.4 is 0 Å². The number of Topliss-reactive ketones (excluding diaryl/α,β-unsaturated/α-hetero) is 1. The summed E-state index contributed by atoms with van der Waals surface area (Å²) < 4.78 is 0. The van der Waals surface area contributed by atoms with Crippen LogP contribution in [-0.2, 0) is 0 Å². The van der Waals surface area contributed by atoms with Gasteiger partial charge in [0.1, 0.15) is 0 Å². The van der Waals surface area contributed by atoms with Gasteiger partial charge in [-0.15, -0.1) is 11.8 Å². The Morgan fingerprint density at radius 3 is 2.70 bits per heavy atom. The lowest BCUT2D eigenvalue weighted by Gasteiger charge is -2.03. The summed E-state index contributed by atoms with van der Waals surface area (Å²) >= 11 is 13.4. The van der Waals surface area contributed by atoms with Crippen molar-refractivity contribution in [3.05, 3.63) is 58.2 Å². The van der Waals surface area contributed by atoms with Gasteiger partial charge in [-0.25, -0.2) is 4.98 Å². The van der Waals surface area contributed by atoms with Crippen molar-refractivity contribution in [3.8, 4) is 0 Å². The molecule has 0 amide bonds. The summed E-state index contributed by atoms with van der Waals surface area (Å²) in [6.07, 6.45) is 3.07. The largest absolute Gasteiger partial charge is 0.294 e. The van der Waals surface area contributed by atoms with Gasteiger partial charge in [0.25, 0.3) is 0 Å². The third kappa shape index (κ3) is 4.51. The van der Waals surface area contributed by atoms with Crippen molar-refractivity contribution < 1.29 is 4.79 Å². The van der Waals surface area contributed by atoms with E-state index in [1.54, 1.807) is 36.2 Å². The van der Waals surface area contributed by atoms with Crippen LogP contribution in [0.1, 0.15) is 23.2 Å². The number of hydrogen-bond donors (Lipinski definition) is 0. The summed E-state index contributed by atoms with van der Waals surface area (Å²) in [4.78, 5) is 16.2. The van der Waals surface area contributed by atoms with E-state index >= 15 is 0 Å². The number of carbonyl (C=O) groups is 1. The van der Waals surface area contributed by atoms with Gasteiger partial charge in [-0.1, -0.05) is 29.3 Å². The van der Waals surface area contributed by atoms with E-state index in [2.05, 4.69) is 4.98 Å². The Morgan fingerprint density at radius 2 is 2.00 bits per heavy atom. The van der Waals surface area contributed by atoms with Gasteiger partial charge >= 0.3 is 0 Å². The van der Waals surface area contributed by atoms with Crippen LogP contribution in [0.5, 0.6) is 0 Å². The molecule has 0 bridgehead atoms. The number of nitrogens with zero attached hydrogens (tertiary/aromatic N) is 1. The minimum absolute atomic E-state index is 0.0881. The smallest absolute Gasteiger partial charge is 0.162 e. The Kier molecular flexibility index (Phi) is 5.89. The molecule has 2 nitrogen and oxygen atoms in total. The molecule has 0 aliphatic heterocycles. The number of rotatable bonds is 6. The van der Waals surface area contributed by atoms with Crippen molar-refractivity contribution in [2.24, 2.45) is 0 Å². The van der Waals surface area contributed by atoms with Gasteiger partial charge in [0, 0.05) is 18.2 Å². The van der Waals surface area contributed by atoms with Gasteiger partial charge in [0.05, 0.1) is 15.1 Å². The summed E-state index contributed by atoms with van der Waals surface area (Å²) in [6, 6.07) is 10.8. The van der Waals surface area contributed by atoms with Crippen molar-refractivity contribution in [1.82, 2.24) is 4.98 Å². The van der Waals surface area contributed by atoms with Gasteiger partial charge in [0.15, 0.2) is 5.78 Å². The number of benzene rings is 1. The number of halogens is 2. The quantitative estimate of drug-likeness (QED) is 0.418. The third-order valence-electron chi connectivity index (χ3n) is 2.68. The number of aromatic nitrogens is 1. The average molecular weight is 326 g/mol. The number of ketones is 1. The first-order valence-electron chi connectivity index (χ1n) is 6.19. The van der Waals surface area contributed by atoms with Gasteiger partial charge in [0.2, 0.25) is 0 Å². The van der Waals surface area contributed by atoms with Gasteiger partial charge in [-0.05, 0) is 42.5 Å². The van der Waals surface area contributed by atoms with E-state index < -0.39 is 0 Å². The zero-order chi connectivity index (χ0) is 14.4. The molecule has 0 aliphatic rings. The minimum Gasteiger partial charge on any atom is -0.294 e. The molecule has 0 spiro atoms. The molecule has 0 fully saturated rings. The molecule has 0 unspecified atom stereocenters. The Labute approximate surface area is 132 Å². The van der Waals surface area contributed by atoms with E-state index in [0.29, 0.717) is 22.0 Å². The van der Waals surface area contributed by atoms with E-state index in [9.17, 15) is 4.79 Å². The molecule has 0 saturated heterocycles. The summed E-state index contributed by atoms with van der Waals surface area (Å²) in [5.74, 6) is 0.953. The van der Waals surface area contributed by atoms with E-state index in [0.717, 1.165) is 17.2 Å². The fourth-order valence-corrected chi connectivity index (χ4v) is 2.76. The second kappa shape index (κ2) is 7.67. The third-order valence-corrected chi connectivity index (χ3v) is 4.45. The van der Waals surface area contributed by atoms with Crippen molar-refractivity contribution in [1.29, 1.82) is 0 Å². The van der Waals surface area contributed by atoms with Crippen molar-refractivity contribution in [2.45, 2.75) is 17.9 Å². The first kappa shape index (κ1) is 15.4. The Balaban J connectivity index is 1.79. The summed E-state index contributed by atoms with van der Waals surface area (Å²) in [6.45, 7) is 0. The molecule has 0 aliphatic carbocycles. The molecule has 20 heavy (non-hydrogen) atoms. The molecular weight excluding hydrogens is 313 g/mol. The maximum atomic E-state index is 12.0. The van der Waals surface area contributed by atoms with Crippen molar-refractivity contribution in [2.75, 3.05) is 5.75 Å². The normalized spacial score (nSPS) is 10.5.